The zero-order chi connectivity index (χ0) is 41.4. The number of carbonyl (C=O) groups excluding carboxylic acids is 3. The molecule has 8 heteroatoms. The predicted molar refractivity (Wildman–Crippen MR) is 231 cm³/mol. The van der Waals surface area contributed by atoms with Gasteiger partial charge in [-0.15, -0.1) is 0 Å². The van der Waals surface area contributed by atoms with Crippen LogP contribution in [0.5, 0.6) is 0 Å². The number of unbranched alkanes of at least 4 members (excludes halogenated alkanes) is 19. The quantitative estimate of drug-likeness (QED) is 0.0265. The molecule has 0 radical (unpaired) electrons. The van der Waals surface area contributed by atoms with E-state index in [0.717, 1.165) is 51.4 Å². The Morgan fingerprint density at radius 2 is 1.00 bits per heavy atom. The third kappa shape index (κ3) is 36.7. The molecule has 8 nitrogen and oxygen atoms in total. The second-order valence-corrected chi connectivity index (χ2v) is 16.0. The molecule has 0 spiro atoms. The van der Waals surface area contributed by atoms with E-state index in [1.54, 1.807) is 21.1 Å². The minimum absolute atomic E-state index is 0.0263. The summed E-state index contributed by atoms with van der Waals surface area (Å²) < 4.78 is 17.1. The van der Waals surface area contributed by atoms with Crippen molar-refractivity contribution in [2.75, 3.05) is 41.0 Å². The summed E-state index contributed by atoms with van der Waals surface area (Å²) in [6, 6.07) is -0.733. The fourth-order valence-electron chi connectivity index (χ4n) is 6.33. The third-order valence-corrected chi connectivity index (χ3v) is 9.80. The van der Waals surface area contributed by atoms with Crippen LogP contribution in [0.15, 0.2) is 60.8 Å². The number of nitrogens with zero attached hydrogens (tertiary/aromatic N) is 1. The largest absolute Gasteiger partial charge is 0.544 e. The van der Waals surface area contributed by atoms with Crippen molar-refractivity contribution in [2.24, 2.45) is 0 Å². The number of hydrogen-bond acceptors (Lipinski definition) is 7. The van der Waals surface area contributed by atoms with Crippen LogP contribution in [0.1, 0.15) is 174 Å². The molecule has 0 aliphatic heterocycles. The number of aliphatic carboxylic acids is 1. The first-order chi connectivity index (χ1) is 27.1. The molecule has 322 valence electrons. The van der Waals surface area contributed by atoms with Gasteiger partial charge in [-0.25, -0.2) is 0 Å². The number of hydrogen-bond donors (Lipinski definition) is 0. The number of rotatable bonds is 39. The van der Waals surface area contributed by atoms with Crippen LogP contribution in [0, 0.1) is 0 Å². The van der Waals surface area contributed by atoms with Crippen molar-refractivity contribution in [3.8, 4) is 0 Å². The highest BCUT2D eigenvalue weighted by atomic mass is 16.6. The van der Waals surface area contributed by atoms with E-state index in [9.17, 15) is 19.5 Å². The standard InChI is InChI=1S/C48H83NO7/c1-6-8-10-12-14-16-18-20-22-23-25-27-29-31-33-35-37-39-47(51)56-44(42-54-41-40-45(48(52)53)49(3,4)5)43-55-46(50)38-36-34-32-30-28-26-24-21-19-17-15-13-11-9-7-2/h9,11,13,15,17,19,21,24,26,28,44-45H,6-8,10,12,14,16,18,20,22-23,25,27,29-43H2,1-5H3/b11-9+,15-13+,19-17+,24-21+,28-26+. The van der Waals surface area contributed by atoms with Gasteiger partial charge in [-0.05, 0) is 32.1 Å². The van der Waals surface area contributed by atoms with Crippen molar-refractivity contribution in [1.82, 2.24) is 0 Å². The Morgan fingerprint density at radius 1 is 0.554 bits per heavy atom. The maximum atomic E-state index is 12.7. The van der Waals surface area contributed by atoms with E-state index in [0.29, 0.717) is 12.8 Å². The first-order valence-electron chi connectivity index (χ1n) is 22.4. The molecule has 56 heavy (non-hydrogen) atoms. The Balaban J connectivity index is 4.39. The van der Waals surface area contributed by atoms with Gasteiger partial charge in [0.05, 0.1) is 40.3 Å². The highest BCUT2D eigenvalue weighted by Crippen LogP contribution is 2.15. The van der Waals surface area contributed by atoms with Crippen LogP contribution in [0.4, 0.5) is 0 Å². The van der Waals surface area contributed by atoms with E-state index in [2.05, 4.69) is 26.0 Å². The van der Waals surface area contributed by atoms with Crippen molar-refractivity contribution < 1.29 is 38.2 Å². The molecule has 0 aliphatic rings. The summed E-state index contributed by atoms with van der Waals surface area (Å²) >= 11 is 0. The zero-order valence-electron chi connectivity index (χ0n) is 36.5. The number of esters is 2. The summed E-state index contributed by atoms with van der Waals surface area (Å²) in [5, 5.41) is 11.6. The van der Waals surface area contributed by atoms with Gasteiger partial charge in [-0.3, -0.25) is 9.59 Å². The van der Waals surface area contributed by atoms with Crippen LogP contribution in [0.25, 0.3) is 0 Å². The maximum absolute atomic E-state index is 12.7. The lowest BCUT2D eigenvalue weighted by atomic mass is 10.0. The predicted octanol–water partition coefficient (Wildman–Crippen LogP) is 10.9. The third-order valence-electron chi connectivity index (χ3n) is 9.80. The summed E-state index contributed by atoms with van der Waals surface area (Å²) in [4.78, 5) is 36.8. The summed E-state index contributed by atoms with van der Waals surface area (Å²) in [6.07, 6.45) is 46.7. The van der Waals surface area contributed by atoms with Gasteiger partial charge in [0.15, 0.2) is 6.10 Å². The molecule has 0 saturated carbocycles. The van der Waals surface area contributed by atoms with E-state index in [4.69, 9.17) is 14.2 Å². The first-order valence-corrected chi connectivity index (χ1v) is 22.4. The summed E-state index contributed by atoms with van der Waals surface area (Å²) in [6.45, 7) is 4.48. The normalized spacial score (nSPS) is 13.5. The van der Waals surface area contributed by atoms with Crippen molar-refractivity contribution in [2.45, 2.75) is 187 Å². The fourth-order valence-corrected chi connectivity index (χ4v) is 6.33. The number of ether oxygens (including phenoxy) is 3. The molecular formula is C48H83NO7. The molecular weight excluding hydrogens is 703 g/mol. The molecule has 2 unspecified atom stereocenters. The lowest BCUT2D eigenvalue weighted by Crippen LogP contribution is -2.55. The maximum Gasteiger partial charge on any atom is 0.306 e. The second-order valence-electron chi connectivity index (χ2n) is 16.0. The van der Waals surface area contributed by atoms with Gasteiger partial charge >= 0.3 is 11.9 Å². The molecule has 0 saturated heterocycles. The van der Waals surface area contributed by atoms with Crippen LogP contribution in [0.2, 0.25) is 0 Å². The molecule has 0 bridgehead atoms. The van der Waals surface area contributed by atoms with Crippen LogP contribution in [-0.2, 0) is 28.6 Å². The number of carboxylic acid groups (broad SMARTS) is 1. The molecule has 0 N–H and O–H groups in total. The van der Waals surface area contributed by atoms with E-state index in [1.165, 1.54) is 89.9 Å². The average molecular weight is 786 g/mol. The Morgan fingerprint density at radius 3 is 1.48 bits per heavy atom. The van der Waals surface area contributed by atoms with Gasteiger partial charge < -0.3 is 28.6 Å². The van der Waals surface area contributed by atoms with Gasteiger partial charge in [-0.2, -0.15) is 0 Å². The van der Waals surface area contributed by atoms with Crippen LogP contribution in [0.3, 0.4) is 0 Å². The molecule has 0 amide bonds. The van der Waals surface area contributed by atoms with E-state index < -0.39 is 18.1 Å². The van der Waals surface area contributed by atoms with Crippen LogP contribution >= 0.6 is 0 Å². The number of likely N-dealkylation sites (N-methyl/N-ethyl adjacent to an activating group) is 1. The van der Waals surface area contributed by atoms with Crippen LogP contribution in [-0.4, -0.2) is 75.5 Å². The number of carboxylic acids is 1. The van der Waals surface area contributed by atoms with Gasteiger partial charge in [0.1, 0.15) is 12.6 Å². The smallest absolute Gasteiger partial charge is 0.306 e. The van der Waals surface area contributed by atoms with Crippen molar-refractivity contribution in [1.29, 1.82) is 0 Å². The molecule has 0 aromatic rings. The number of allylic oxidation sites excluding steroid dienone is 10. The SMILES string of the molecule is CC/C=C/C=C/C=C/C=C/C=C/CCCCCC(=O)OCC(COCCC(C(=O)[O-])[N+](C)(C)C)OC(=O)CCCCCCCCCCCCCCCCCCC. The van der Waals surface area contributed by atoms with Gasteiger partial charge in [-0.1, -0.05) is 184 Å². The summed E-state index contributed by atoms with van der Waals surface area (Å²) in [5.41, 5.74) is 0. The number of quaternary nitrogens is 1. The van der Waals surface area contributed by atoms with Crippen molar-refractivity contribution >= 4 is 17.9 Å². The Hall–Kier alpha value is -2.97. The van der Waals surface area contributed by atoms with Crippen LogP contribution < -0.4 is 5.11 Å². The molecule has 0 fully saturated rings. The molecule has 0 aliphatic carbocycles. The minimum atomic E-state index is -1.13. The highest BCUT2D eigenvalue weighted by molar-refractivity contribution is 5.70. The lowest BCUT2D eigenvalue weighted by molar-refractivity contribution is -0.889. The van der Waals surface area contributed by atoms with E-state index >= 15 is 0 Å². The monoisotopic (exact) mass is 786 g/mol. The molecule has 0 heterocycles. The Kier molecular flexibility index (Phi) is 36.8. The molecule has 0 rings (SSSR count). The summed E-state index contributed by atoms with van der Waals surface area (Å²) in [5.74, 6) is -1.79. The Bertz CT molecular complexity index is 1100. The van der Waals surface area contributed by atoms with E-state index in [-0.39, 0.29) is 42.7 Å². The van der Waals surface area contributed by atoms with Crippen molar-refractivity contribution in [3.05, 3.63) is 60.8 Å². The van der Waals surface area contributed by atoms with Gasteiger partial charge in [0, 0.05) is 19.3 Å². The second kappa shape index (κ2) is 38.9. The van der Waals surface area contributed by atoms with E-state index in [1.807, 2.05) is 48.6 Å². The minimum Gasteiger partial charge on any atom is -0.544 e. The fraction of sp³-hybridized carbons (Fsp3) is 0.729. The summed E-state index contributed by atoms with van der Waals surface area (Å²) in [7, 11) is 5.39. The Labute approximate surface area is 343 Å². The lowest BCUT2D eigenvalue weighted by Gasteiger charge is -2.34. The topological polar surface area (TPSA) is 102 Å². The van der Waals surface area contributed by atoms with Gasteiger partial charge in [0.2, 0.25) is 0 Å². The molecule has 0 aromatic heterocycles. The molecule has 2 atom stereocenters. The zero-order valence-corrected chi connectivity index (χ0v) is 36.5. The van der Waals surface area contributed by atoms with Crippen molar-refractivity contribution in [3.63, 3.8) is 0 Å². The highest BCUT2D eigenvalue weighted by Gasteiger charge is 2.25. The van der Waals surface area contributed by atoms with Gasteiger partial charge in [0.25, 0.3) is 0 Å². The number of carbonyl (C=O) groups is 3. The average Bonchev–Trinajstić information content (AvgIpc) is 3.15. The molecule has 0 aromatic carbocycles. The first kappa shape index (κ1) is 53.0.